The molecule has 16 nitrogen and oxygen atoms in total. The number of aromatic amines is 2. The van der Waals surface area contributed by atoms with Crippen LogP contribution in [0.25, 0.3) is 21.8 Å². The third-order valence-corrected chi connectivity index (χ3v) is 9.99. The summed E-state index contributed by atoms with van der Waals surface area (Å²) in [7, 11) is 0. The van der Waals surface area contributed by atoms with Crippen LogP contribution in [0.4, 0.5) is 13.2 Å². The summed E-state index contributed by atoms with van der Waals surface area (Å²) in [6.45, 7) is 3.80. The molecule has 0 radical (unpaired) electrons. The predicted octanol–water partition coefficient (Wildman–Crippen LogP) is 3.12. The van der Waals surface area contributed by atoms with Crippen LogP contribution in [0.3, 0.4) is 0 Å². The predicted molar refractivity (Wildman–Crippen MR) is 224 cm³/mol. The Hall–Kier alpha value is -6.73. The molecule has 12 N–H and O–H groups in total. The SMILES string of the molecule is Cc1[nH]c2ccccc2c1C[C@@H](N)C(=O)N[C@@H](C)C(=O)N[C@@H](Cc1c[nH]c2ccccc12)C(=O)N[C@H](Cc1ccccc1)C(=O)N[C@@H](CCCCN)C(=O)O.O=C(O)C(F)(F)F. The van der Waals surface area contributed by atoms with E-state index in [0.29, 0.717) is 19.4 Å². The number of carboxylic acids is 2. The van der Waals surface area contributed by atoms with E-state index in [-0.39, 0.29) is 25.7 Å². The highest BCUT2D eigenvalue weighted by Gasteiger charge is 2.38. The van der Waals surface area contributed by atoms with Crippen LogP contribution in [-0.4, -0.2) is 98.7 Å². The van der Waals surface area contributed by atoms with Crippen molar-refractivity contribution in [1.29, 1.82) is 0 Å². The highest BCUT2D eigenvalue weighted by Crippen LogP contribution is 2.23. The fraction of sp³-hybridized carbons (Fsp3) is 0.349. The number of rotatable bonds is 19. The van der Waals surface area contributed by atoms with Crippen LogP contribution in [0.15, 0.2) is 85.1 Å². The second-order valence-electron chi connectivity index (χ2n) is 14.7. The molecule has 0 aliphatic heterocycles. The van der Waals surface area contributed by atoms with E-state index >= 15 is 0 Å². The van der Waals surface area contributed by atoms with Gasteiger partial charge < -0.3 is 52.9 Å². The molecule has 5 rings (SSSR count). The average molecular weight is 865 g/mol. The highest BCUT2D eigenvalue weighted by atomic mass is 19.4. The van der Waals surface area contributed by atoms with Gasteiger partial charge in [0.1, 0.15) is 24.2 Å². The first kappa shape index (κ1) is 47.9. The number of fused-ring (bicyclic) bond motifs is 2. The topological polar surface area (TPSA) is 275 Å². The average Bonchev–Trinajstić information content (AvgIpc) is 3.79. The van der Waals surface area contributed by atoms with Gasteiger partial charge in [0.05, 0.1) is 6.04 Å². The summed E-state index contributed by atoms with van der Waals surface area (Å²) in [6, 6.07) is 18.6. The lowest BCUT2D eigenvalue weighted by molar-refractivity contribution is -0.192. The fourth-order valence-corrected chi connectivity index (χ4v) is 6.68. The summed E-state index contributed by atoms with van der Waals surface area (Å²) >= 11 is 0. The number of benzene rings is 3. The van der Waals surface area contributed by atoms with Gasteiger partial charge in [0.25, 0.3) is 0 Å². The Morgan fingerprint density at radius 2 is 1.24 bits per heavy atom. The van der Waals surface area contributed by atoms with Crippen LogP contribution in [0.1, 0.15) is 48.6 Å². The smallest absolute Gasteiger partial charge is 0.480 e. The van der Waals surface area contributed by atoms with Gasteiger partial charge in [0.2, 0.25) is 23.6 Å². The van der Waals surface area contributed by atoms with Crippen molar-refractivity contribution in [3.05, 3.63) is 107 Å². The summed E-state index contributed by atoms with van der Waals surface area (Å²) in [4.78, 5) is 82.3. The molecule has 0 aliphatic carbocycles. The van der Waals surface area contributed by atoms with Crippen molar-refractivity contribution in [2.75, 3.05) is 6.54 Å². The van der Waals surface area contributed by atoms with E-state index in [1.165, 1.54) is 6.92 Å². The van der Waals surface area contributed by atoms with Crippen molar-refractivity contribution in [3.63, 3.8) is 0 Å². The normalized spacial score (nSPS) is 13.7. The number of halogens is 3. The van der Waals surface area contributed by atoms with Gasteiger partial charge in [0.15, 0.2) is 0 Å². The number of carbonyl (C=O) groups is 6. The molecule has 19 heteroatoms. The number of aryl methyl sites for hydroxylation is 1. The molecule has 4 amide bonds. The number of amides is 4. The lowest BCUT2D eigenvalue weighted by Crippen LogP contribution is -2.59. The van der Waals surface area contributed by atoms with Crippen LogP contribution in [0.5, 0.6) is 0 Å². The molecule has 5 aromatic rings. The van der Waals surface area contributed by atoms with Crippen molar-refractivity contribution in [2.24, 2.45) is 11.5 Å². The summed E-state index contributed by atoms with van der Waals surface area (Å²) < 4.78 is 31.7. The first-order chi connectivity index (χ1) is 29.4. The minimum Gasteiger partial charge on any atom is -0.480 e. The van der Waals surface area contributed by atoms with Crippen molar-refractivity contribution >= 4 is 57.4 Å². The molecule has 0 saturated carbocycles. The van der Waals surface area contributed by atoms with Crippen LogP contribution in [0.2, 0.25) is 0 Å². The maximum Gasteiger partial charge on any atom is 0.490 e. The van der Waals surface area contributed by atoms with Crippen LogP contribution in [-0.2, 0) is 48.0 Å². The fourth-order valence-electron chi connectivity index (χ4n) is 6.68. The number of carboxylic acid groups (broad SMARTS) is 2. The van der Waals surface area contributed by atoms with Gasteiger partial charge in [-0.3, -0.25) is 19.2 Å². The maximum absolute atomic E-state index is 14.2. The van der Waals surface area contributed by atoms with E-state index in [0.717, 1.165) is 44.2 Å². The minimum atomic E-state index is -5.08. The van der Waals surface area contributed by atoms with Crippen LogP contribution in [0, 0.1) is 6.92 Å². The standard InChI is InChI=1S/C41H50N8O6.C2HF3O2/c1-24-30(29-15-7-9-17-33(29)45-24)22-31(43)38(51)46-25(2)37(50)48-36(21-27-23-44-32-16-8-6-14-28(27)32)40(53)49-35(20-26-12-4-3-5-13-26)39(52)47-34(41(54)55)18-10-11-19-42;3-2(4,5)1(6)7/h3-9,12-17,23,25,31,34-36,44-45H,10-11,18-22,42-43H2,1-2H3,(H,46,51)(H,47,52)(H,48,50)(H,49,53)(H,54,55);(H,6,7)/t25-,31+,34-,35+,36-;/m0./s1. The Labute approximate surface area is 354 Å². The number of carbonyl (C=O) groups excluding carboxylic acids is 4. The molecule has 332 valence electrons. The molecule has 0 bridgehead atoms. The number of aliphatic carboxylic acids is 2. The molecule has 0 unspecified atom stereocenters. The third-order valence-electron chi connectivity index (χ3n) is 9.99. The van der Waals surface area contributed by atoms with Gasteiger partial charge in [-0.2, -0.15) is 13.2 Å². The second kappa shape index (κ2) is 22.2. The zero-order chi connectivity index (χ0) is 45.6. The lowest BCUT2D eigenvalue weighted by atomic mass is 10.0. The number of nitrogens with one attached hydrogen (secondary N) is 6. The van der Waals surface area contributed by atoms with Crippen LogP contribution >= 0.6 is 0 Å². The van der Waals surface area contributed by atoms with Crippen molar-refractivity contribution in [2.45, 2.75) is 88.8 Å². The first-order valence-electron chi connectivity index (χ1n) is 19.7. The Kier molecular flexibility index (Phi) is 17.2. The van der Waals surface area contributed by atoms with Crippen molar-refractivity contribution < 1.29 is 52.2 Å². The van der Waals surface area contributed by atoms with E-state index in [9.17, 15) is 42.3 Å². The molecule has 0 spiro atoms. The third kappa shape index (κ3) is 13.6. The molecule has 0 saturated heterocycles. The lowest BCUT2D eigenvalue weighted by Gasteiger charge is -2.26. The summed E-state index contributed by atoms with van der Waals surface area (Å²) in [5.41, 5.74) is 16.9. The molecular formula is C43H51F3N8O8. The second-order valence-corrected chi connectivity index (χ2v) is 14.7. The molecule has 3 aromatic carbocycles. The van der Waals surface area contributed by atoms with Crippen LogP contribution < -0.4 is 32.7 Å². The van der Waals surface area contributed by atoms with E-state index in [2.05, 4.69) is 31.2 Å². The van der Waals surface area contributed by atoms with E-state index < -0.39 is 72.0 Å². The Morgan fingerprint density at radius 3 is 1.85 bits per heavy atom. The molecule has 2 heterocycles. The molecule has 5 atom stereocenters. The Balaban J connectivity index is 0.00000111. The van der Waals surface area contributed by atoms with E-state index in [1.54, 1.807) is 30.5 Å². The number of aromatic nitrogens is 2. The van der Waals surface area contributed by atoms with Crippen molar-refractivity contribution in [3.8, 4) is 0 Å². The molecule has 2 aromatic heterocycles. The number of para-hydroxylation sites is 2. The summed E-state index contributed by atoms with van der Waals surface area (Å²) in [6.07, 6.45) is -1.75. The van der Waals surface area contributed by atoms with E-state index in [1.807, 2.05) is 61.5 Å². The Morgan fingerprint density at radius 1 is 0.694 bits per heavy atom. The monoisotopic (exact) mass is 864 g/mol. The summed E-state index contributed by atoms with van der Waals surface area (Å²) in [5, 5.41) is 29.6. The van der Waals surface area contributed by atoms with Gasteiger partial charge in [-0.1, -0.05) is 66.7 Å². The molecule has 0 fully saturated rings. The largest absolute Gasteiger partial charge is 0.490 e. The van der Waals surface area contributed by atoms with Gasteiger partial charge in [-0.05, 0) is 74.9 Å². The van der Waals surface area contributed by atoms with Gasteiger partial charge in [-0.15, -0.1) is 0 Å². The highest BCUT2D eigenvalue weighted by molar-refractivity contribution is 5.96. The summed E-state index contributed by atoms with van der Waals surface area (Å²) in [5.74, 6) is -6.49. The maximum atomic E-state index is 14.2. The van der Waals surface area contributed by atoms with Gasteiger partial charge >= 0.3 is 18.1 Å². The quantitative estimate of drug-likeness (QED) is 0.0542. The molecule has 0 aliphatic rings. The number of alkyl halides is 3. The minimum absolute atomic E-state index is 0.0398. The number of hydrogen-bond donors (Lipinski definition) is 10. The van der Waals surface area contributed by atoms with Gasteiger partial charge in [-0.25, -0.2) is 9.59 Å². The number of unbranched alkanes of at least 4 members (excludes halogenated alkanes) is 1. The number of H-pyrrole nitrogens is 2. The molecular weight excluding hydrogens is 814 g/mol. The zero-order valence-corrected chi connectivity index (χ0v) is 34.1. The van der Waals surface area contributed by atoms with E-state index in [4.69, 9.17) is 21.4 Å². The van der Waals surface area contributed by atoms with Gasteiger partial charge in [0, 0.05) is 46.5 Å². The number of hydrogen-bond acceptors (Lipinski definition) is 8. The van der Waals surface area contributed by atoms with Crippen molar-refractivity contribution in [1.82, 2.24) is 31.2 Å². The Bertz CT molecular complexity index is 2330. The zero-order valence-electron chi connectivity index (χ0n) is 34.1. The molecule has 62 heavy (non-hydrogen) atoms. The first-order valence-corrected chi connectivity index (χ1v) is 19.7. The number of nitrogens with two attached hydrogens (primary N) is 2.